The lowest BCUT2D eigenvalue weighted by atomic mass is 10.2. The Labute approximate surface area is 126 Å². The summed E-state index contributed by atoms with van der Waals surface area (Å²) in [5, 5.41) is 10.4. The molecule has 3 rings (SSSR count). The number of nitrogens with zero attached hydrogens (tertiary/aromatic N) is 4. The Kier molecular flexibility index (Phi) is 3.78. The van der Waals surface area contributed by atoms with Crippen molar-refractivity contribution in [1.82, 2.24) is 25.5 Å². The van der Waals surface area contributed by atoms with Crippen molar-refractivity contribution in [2.75, 3.05) is 18.0 Å². The van der Waals surface area contributed by atoms with Crippen LogP contribution >= 0.6 is 0 Å². The monoisotopic (exact) mass is 308 g/mol. The minimum Gasteiger partial charge on any atom is -0.408 e. The molecule has 0 aliphatic carbocycles. The van der Waals surface area contributed by atoms with E-state index < -0.39 is 6.17 Å². The first kappa shape index (κ1) is 14.5. The summed E-state index contributed by atoms with van der Waals surface area (Å²) in [4.78, 5) is 20.5. The third kappa shape index (κ3) is 2.92. The number of nitrogens with one attached hydrogen (secondary N) is 2. The topological polar surface area (TPSA) is 99.9 Å². The van der Waals surface area contributed by atoms with Crippen molar-refractivity contribution in [3.8, 4) is 0 Å². The number of aryl methyl sites for hydroxylation is 2. The number of rotatable bonds is 4. The number of H-pyrrole nitrogens is 1. The van der Waals surface area contributed by atoms with Gasteiger partial charge < -0.3 is 19.6 Å². The molecule has 1 saturated heterocycles. The van der Waals surface area contributed by atoms with Crippen molar-refractivity contribution in [1.29, 1.82) is 0 Å². The van der Waals surface area contributed by atoms with E-state index >= 15 is 0 Å². The van der Waals surface area contributed by atoms with Crippen molar-refractivity contribution in [3.63, 3.8) is 0 Å². The average molecular weight is 308 g/mol. The van der Waals surface area contributed by atoms with Gasteiger partial charge >= 0.3 is 6.01 Å². The fourth-order valence-corrected chi connectivity index (χ4v) is 2.53. The van der Waals surface area contributed by atoms with Crippen LogP contribution in [0.5, 0.6) is 0 Å². The Morgan fingerprint density at radius 1 is 1.55 bits per heavy atom. The zero-order chi connectivity index (χ0) is 15.7. The second-order valence-electron chi connectivity index (χ2n) is 5.34. The van der Waals surface area contributed by atoms with Gasteiger partial charge in [0, 0.05) is 19.9 Å². The van der Waals surface area contributed by atoms with Crippen molar-refractivity contribution >= 4 is 11.9 Å². The van der Waals surface area contributed by atoms with Gasteiger partial charge in [0.25, 0.3) is 5.91 Å². The molecule has 1 aliphatic rings. The maximum atomic E-state index is 13.7. The molecule has 3 heterocycles. The minimum atomic E-state index is -0.983. The summed E-state index contributed by atoms with van der Waals surface area (Å²) >= 11 is 0. The fraction of sp³-hybridized carbons (Fsp3) is 0.538. The summed E-state index contributed by atoms with van der Waals surface area (Å²) in [7, 11) is 0. The molecule has 1 fully saturated rings. The maximum Gasteiger partial charge on any atom is 0.318 e. The smallest absolute Gasteiger partial charge is 0.318 e. The molecule has 22 heavy (non-hydrogen) atoms. The number of aromatic nitrogens is 4. The van der Waals surface area contributed by atoms with E-state index in [9.17, 15) is 9.18 Å². The molecule has 0 aromatic carbocycles. The van der Waals surface area contributed by atoms with Gasteiger partial charge in [0.2, 0.25) is 5.89 Å². The SMILES string of the molecule is Cc1ncc(C(=O)NC[C@@H]2C[C@H](F)CN2c2nnc(C)o2)[nH]1. The van der Waals surface area contributed by atoms with Crippen LogP contribution in [0, 0.1) is 13.8 Å². The highest BCUT2D eigenvalue weighted by Crippen LogP contribution is 2.25. The number of hydrogen-bond donors (Lipinski definition) is 2. The van der Waals surface area contributed by atoms with Gasteiger partial charge in [0.05, 0.1) is 18.8 Å². The van der Waals surface area contributed by atoms with Crippen LogP contribution in [0.4, 0.5) is 10.4 Å². The van der Waals surface area contributed by atoms with Crippen LogP contribution in [0.15, 0.2) is 10.6 Å². The van der Waals surface area contributed by atoms with Crippen LogP contribution in [0.2, 0.25) is 0 Å². The number of amides is 1. The van der Waals surface area contributed by atoms with Gasteiger partial charge in [0.15, 0.2) is 0 Å². The minimum absolute atomic E-state index is 0.186. The number of alkyl halides is 1. The van der Waals surface area contributed by atoms with Crippen molar-refractivity contribution in [2.24, 2.45) is 0 Å². The van der Waals surface area contributed by atoms with Crippen LogP contribution in [0.1, 0.15) is 28.6 Å². The lowest BCUT2D eigenvalue weighted by Crippen LogP contribution is -2.40. The highest BCUT2D eigenvalue weighted by atomic mass is 19.1. The predicted molar refractivity (Wildman–Crippen MR) is 75.3 cm³/mol. The Morgan fingerprint density at radius 3 is 3.00 bits per heavy atom. The number of hydrogen-bond acceptors (Lipinski definition) is 6. The molecule has 2 aromatic rings. The molecule has 0 bridgehead atoms. The Bertz CT molecular complexity index is 669. The maximum absolute atomic E-state index is 13.7. The van der Waals surface area contributed by atoms with Crippen LogP contribution in [-0.4, -0.2) is 51.4 Å². The van der Waals surface area contributed by atoms with Crippen LogP contribution in [0.25, 0.3) is 0 Å². The summed E-state index contributed by atoms with van der Waals surface area (Å²) in [5.74, 6) is 0.815. The number of anilines is 1. The lowest BCUT2D eigenvalue weighted by molar-refractivity contribution is 0.0946. The van der Waals surface area contributed by atoms with Crippen molar-refractivity contribution in [2.45, 2.75) is 32.5 Å². The first-order valence-corrected chi connectivity index (χ1v) is 7.03. The zero-order valence-corrected chi connectivity index (χ0v) is 12.3. The van der Waals surface area contributed by atoms with E-state index in [2.05, 4.69) is 25.5 Å². The van der Waals surface area contributed by atoms with Gasteiger partial charge in [0.1, 0.15) is 17.7 Å². The molecule has 1 amide bonds. The summed E-state index contributed by atoms with van der Waals surface area (Å²) in [6.45, 7) is 3.92. The van der Waals surface area contributed by atoms with Gasteiger partial charge in [-0.1, -0.05) is 5.10 Å². The van der Waals surface area contributed by atoms with Crippen LogP contribution in [-0.2, 0) is 0 Å². The van der Waals surface area contributed by atoms with Gasteiger partial charge in [-0.05, 0) is 6.92 Å². The molecule has 118 valence electrons. The zero-order valence-electron chi connectivity index (χ0n) is 12.3. The molecular weight excluding hydrogens is 291 g/mol. The molecule has 1 aliphatic heterocycles. The summed E-state index contributed by atoms with van der Waals surface area (Å²) in [5.41, 5.74) is 0.382. The molecule has 0 radical (unpaired) electrons. The molecule has 0 saturated carbocycles. The van der Waals surface area contributed by atoms with Gasteiger partial charge in [-0.25, -0.2) is 9.37 Å². The quantitative estimate of drug-likeness (QED) is 0.865. The van der Waals surface area contributed by atoms with Gasteiger partial charge in [-0.2, -0.15) is 0 Å². The number of aromatic amines is 1. The van der Waals surface area contributed by atoms with Crippen molar-refractivity contribution in [3.05, 3.63) is 23.6 Å². The standard InChI is InChI=1S/C13H17FN6O2/c1-7-15-5-11(17-7)12(21)16-4-10-3-9(14)6-20(10)13-19-18-8(2)22-13/h5,9-10H,3-4,6H2,1-2H3,(H,15,17)(H,16,21)/t9-,10-/m0/s1. The summed E-state index contributed by atoms with van der Waals surface area (Å²) in [6, 6.07) is 0.0668. The highest BCUT2D eigenvalue weighted by Gasteiger charge is 2.35. The number of imidazole rings is 1. The second-order valence-corrected chi connectivity index (χ2v) is 5.34. The highest BCUT2D eigenvalue weighted by molar-refractivity contribution is 5.92. The third-order valence-electron chi connectivity index (χ3n) is 3.57. The number of halogens is 1. The van der Waals surface area contributed by atoms with Crippen LogP contribution in [0.3, 0.4) is 0 Å². The van der Waals surface area contributed by atoms with E-state index in [1.165, 1.54) is 6.20 Å². The van der Waals surface area contributed by atoms with E-state index in [1.807, 2.05) is 0 Å². The molecular formula is C13H17FN6O2. The first-order valence-electron chi connectivity index (χ1n) is 7.03. The molecule has 2 N–H and O–H groups in total. The number of carbonyl (C=O) groups is 1. The normalized spacial score (nSPS) is 21.3. The van der Waals surface area contributed by atoms with E-state index in [0.717, 1.165) is 0 Å². The Balaban J connectivity index is 1.64. The molecule has 0 unspecified atom stereocenters. The lowest BCUT2D eigenvalue weighted by Gasteiger charge is -2.21. The molecule has 2 aromatic heterocycles. The van der Waals surface area contributed by atoms with E-state index in [-0.39, 0.29) is 24.5 Å². The molecule has 9 heteroatoms. The molecule has 0 spiro atoms. The summed E-state index contributed by atoms with van der Waals surface area (Å²) < 4.78 is 19.1. The fourth-order valence-electron chi connectivity index (χ4n) is 2.53. The van der Waals surface area contributed by atoms with Gasteiger partial charge in [-0.15, -0.1) is 5.10 Å². The third-order valence-corrected chi connectivity index (χ3v) is 3.57. The Hall–Kier alpha value is -2.45. The van der Waals surface area contributed by atoms with E-state index in [4.69, 9.17) is 4.42 Å². The van der Waals surface area contributed by atoms with E-state index in [1.54, 1.807) is 18.7 Å². The predicted octanol–water partition coefficient (Wildman–Crippen LogP) is 0.756. The van der Waals surface area contributed by atoms with E-state index in [0.29, 0.717) is 30.4 Å². The largest absolute Gasteiger partial charge is 0.408 e. The molecule has 2 atom stereocenters. The number of carbonyl (C=O) groups excluding carboxylic acids is 1. The molecule has 8 nitrogen and oxygen atoms in total. The Morgan fingerprint density at radius 2 is 2.36 bits per heavy atom. The average Bonchev–Trinajstić information content (AvgIpc) is 3.16. The first-order chi connectivity index (χ1) is 10.5. The second kappa shape index (κ2) is 5.74. The summed E-state index contributed by atoms with van der Waals surface area (Å²) in [6.07, 6.45) is 0.795. The van der Waals surface area contributed by atoms with Crippen molar-refractivity contribution < 1.29 is 13.6 Å². The van der Waals surface area contributed by atoms with Gasteiger partial charge in [-0.3, -0.25) is 4.79 Å². The van der Waals surface area contributed by atoms with Crippen LogP contribution < -0.4 is 10.2 Å².